The van der Waals surface area contributed by atoms with E-state index in [4.69, 9.17) is 11.6 Å². The van der Waals surface area contributed by atoms with Gasteiger partial charge in [0.25, 0.3) is 0 Å². The molecule has 0 aromatic heterocycles. The zero-order valence-electron chi connectivity index (χ0n) is 7.79. The number of hydrogen-bond donors (Lipinski definition) is 0. The summed E-state index contributed by atoms with van der Waals surface area (Å²) in [5.41, 5.74) is -1.91. The van der Waals surface area contributed by atoms with Crippen molar-refractivity contribution < 1.29 is 26.7 Å². The summed E-state index contributed by atoms with van der Waals surface area (Å²) in [5, 5.41) is -4.94. The summed E-state index contributed by atoms with van der Waals surface area (Å²) in [6.07, 6.45) is -4.67. The predicted octanol–water partition coefficient (Wildman–Crippen LogP) is 4.37. The normalized spacial score (nSPS) is 12.6. The van der Waals surface area contributed by atoms with E-state index in [9.17, 15) is 26.7 Å². The number of hydrogen-bond acceptors (Lipinski definition) is 1. The summed E-state index contributed by atoms with van der Waals surface area (Å²) in [5.74, 6) is -1.85. The molecule has 0 unspecified atom stereocenters. The summed E-state index contributed by atoms with van der Waals surface area (Å²) in [4.78, 5) is 11.0. The van der Waals surface area contributed by atoms with Gasteiger partial charge >= 0.3 is 11.6 Å². The van der Waals surface area contributed by atoms with Gasteiger partial charge in [0.2, 0.25) is 5.78 Å². The maximum Gasteiger partial charge on any atom is 0.416 e. The number of Topliss-reactive ketones (excluding diaryl/α,β-unsaturated/α-hetero) is 1. The second-order valence-corrected chi connectivity index (χ2v) is 3.90. The second kappa shape index (κ2) is 4.42. The quantitative estimate of drug-likeness (QED) is 0.449. The highest BCUT2D eigenvalue weighted by Gasteiger charge is 2.38. The van der Waals surface area contributed by atoms with Crippen LogP contribution in [0.1, 0.15) is 15.9 Å². The smallest absolute Gasteiger partial charge is 0.286 e. The van der Waals surface area contributed by atoms with Crippen molar-refractivity contribution in [3.05, 3.63) is 34.3 Å². The molecule has 17 heavy (non-hydrogen) atoms. The molecule has 1 rings (SSSR count). The van der Waals surface area contributed by atoms with Crippen LogP contribution in [0.5, 0.6) is 0 Å². The van der Waals surface area contributed by atoms with E-state index in [0.717, 1.165) is 0 Å². The van der Waals surface area contributed by atoms with Crippen LogP contribution in [0.15, 0.2) is 18.2 Å². The lowest BCUT2D eigenvalue weighted by Crippen LogP contribution is -2.22. The Balaban J connectivity index is 3.20. The highest BCUT2D eigenvalue weighted by molar-refractivity contribution is 6.39. The SMILES string of the molecule is O=C(c1ccc(C(F)(F)F)cc1Cl)C(F)(F)Cl. The number of ketones is 1. The zero-order chi connectivity index (χ0) is 13.4. The average molecular weight is 293 g/mol. The first-order valence-electron chi connectivity index (χ1n) is 4.02. The molecule has 0 aliphatic carbocycles. The largest absolute Gasteiger partial charge is 0.416 e. The monoisotopic (exact) mass is 292 g/mol. The molecule has 0 aliphatic rings. The van der Waals surface area contributed by atoms with E-state index in [1.807, 2.05) is 0 Å². The Bertz CT molecular complexity index is 450. The molecule has 1 aromatic rings. The Morgan fingerprint density at radius 3 is 2.00 bits per heavy atom. The molecular weight excluding hydrogens is 290 g/mol. The molecule has 0 saturated carbocycles. The molecule has 0 amide bonds. The molecule has 1 nitrogen and oxygen atoms in total. The van der Waals surface area contributed by atoms with Crippen molar-refractivity contribution in [1.29, 1.82) is 0 Å². The minimum atomic E-state index is -4.67. The Morgan fingerprint density at radius 1 is 1.12 bits per heavy atom. The second-order valence-electron chi connectivity index (χ2n) is 3.02. The van der Waals surface area contributed by atoms with E-state index in [1.54, 1.807) is 0 Å². The lowest BCUT2D eigenvalue weighted by molar-refractivity contribution is -0.137. The van der Waals surface area contributed by atoms with Crippen molar-refractivity contribution in [3.63, 3.8) is 0 Å². The Morgan fingerprint density at radius 2 is 1.65 bits per heavy atom. The van der Waals surface area contributed by atoms with Gasteiger partial charge < -0.3 is 0 Å². The zero-order valence-corrected chi connectivity index (χ0v) is 9.30. The standard InChI is InChI=1S/C9H3Cl2F5O/c10-6-3-4(9(14,15)16)1-2-5(6)7(17)8(11,12)13/h1-3H. The van der Waals surface area contributed by atoms with Crippen LogP contribution in [0, 0.1) is 0 Å². The van der Waals surface area contributed by atoms with Gasteiger partial charge in [0.1, 0.15) is 0 Å². The van der Waals surface area contributed by atoms with Crippen LogP contribution in [0.3, 0.4) is 0 Å². The number of alkyl halides is 6. The third-order valence-corrected chi connectivity index (χ3v) is 2.28. The number of carbonyl (C=O) groups is 1. The molecule has 0 N–H and O–H groups in total. The number of halogens is 7. The lowest BCUT2D eigenvalue weighted by Gasteiger charge is -2.11. The third-order valence-electron chi connectivity index (χ3n) is 1.80. The van der Waals surface area contributed by atoms with Crippen LogP contribution >= 0.6 is 23.2 Å². The minimum absolute atomic E-state index is 0.386. The van der Waals surface area contributed by atoms with E-state index in [0.29, 0.717) is 18.2 Å². The molecule has 0 spiro atoms. The summed E-state index contributed by atoms with van der Waals surface area (Å²) in [7, 11) is 0. The van der Waals surface area contributed by atoms with E-state index >= 15 is 0 Å². The molecule has 0 heterocycles. The Kier molecular flexibility index (Phi) is 3.69. The molecule has 0 atom stereocenters. The van der Waals surface area contributed by atoms with Gasteiger partial charge in [0.05, 0.1) is 10.6 Å². The minimum Gasteiger partial charge on any atom is -0.286 e. The lowest BCUT2D eigenvalue weighted by atomic mass is 10.1. The Hall–Kier alpha value is -0.880. The van der Waals surface area contributed by atoms with E-state index < -0.39 is 33.5 Å². The summed E-state index contributed by atoms with van der Waals surface area (Å²) in [6, 6.07) is 1.42. The van der Waals surface area contributed by atoms with Crippen LogP contribution in [0.2, 0.25) is 5.02 Å². The van der Waals surface area contributed by atoms with Gasteiger partial charge in [-0.05, 0) is 29.8 Å². The fourth-order valence-corrected chi connectivity index (χ4v) is 1.40. The fraction of sp³-hybridized carbons (Fsp3) is 0.222. The van der Waals surface area contributed by atoms with E-state index in [-0.39, 0.29) is 0 Å². The van der Waals surface area contributed by atoms with Crippen LogP contribution in [0.25, 0.3) is 0 Å². The van der Waals surface area contributed by atoms with Gasteiger partial charge in [-0.25, -0.2) is 0 Å². The van der Waals surface area contributed by atoms with E-state index in [2.05, 4.69) is 11.6 Å². The molecular formula is C9H3Cl2F5O. The van der Waals surface area contributed by atoms with Crippen molar-refractivity contribution in [1.82, 2.24) is 0 Å². The highest BCUT2D eigenvalue weighted by atomic mass is 35.5. The first-order chi connectivity index (χ1) is 7.53. The molecule has 8 heteroatoms. The van der Waals surface area contributed by atoms with Crippen LogP contribution in [-0.4, -0.2) is 11.2 Å². The topological polar surface area (TPSA) is 17.1 Å². The van der Waals surface area contributed by atoms with Crippen molar-refractivity contribution >= 4 is 29.0 Å². The molecule has 94 valence electrons. The molecule has 1 aromatic carbocycles. The summed E-state index contributed by atoms with van der Waals surface area (Å²) < 4.78 is 61.6. The first-order valence-corrected chi connectivity index (χ1v) is 4.77. The molecule has 0 bridgehead atoms. The summed E-state index contributed by atoms with van der Waals surface area (Å²) >= 11 is 9.78. The maximum atomic E-state index is 12.5. The van der Waals surface area contributed by atoms with Crippen LogP contribution < -0.4 is 0 Å². The average Bonchev–Trinajstić information content (AvgIpc) is 2.13. The highest BCUT2D eigenvalue weighted by Crippen LogP contribution is 2.34. The molecule has 0 saturated heterocycles. The Labute approximate surface area is 102 Å². The van der Waals surface area contributed by atoms with Gasteiger partial charge in [-0.3, -0.25) is 4.79 Å². The number of rotatable bonds is 2. The van der Waals surface area contributed by atoms with Gasteiger partial charge in [-0.2, -0.15) is 22.0 Å². The third kappa shape index (κ3) is 3.29. The number of benzene rings is 1. The first kappa shape index (κ1) is 14.2. The van der Waals surface area contributed by atoms with E-state index in [1.165, 1.54) is 0 Å². The molecule has 0 aliphatic heterocycles. The van der Waals surface area contributed by atoms with Gasteiger partial charge in [-0.15, -0.1) is 0 Å². The van der Waals surface area contributed by atoms with Crippen LogP contribution in [-0.2, 0) is 6.18 Å². The van der Waals surface area contributed by atoms with Gasteiger partial charge in [-0.1, -0.05) is 11.6 Å². The molecule has 0 fully saturated rings. The van der Waals surface area contributed by atoms with Crippen molar-refractivity contribution in [2.45, 2.75) is 11.6 Å². The predicted molar refractivity (Wildman–Crippen MR) is 51.6 cm³/mol. The van der Waals surface area contributed by atoms with Gasteiger partial charge in [0.15, 0.2) is 0 Å². The number of carbonyl (C=O) groups excluding carboxylic acids is 1. The van der Waals surface area contributed by atoms with Crippen LogP contribution in [0.4, 0.5) is 22.0 Å². The maximum absolute atomic E-state index is 12.5. The fourth-order valence-electron chi connectivity index (χ4n) is 1.03. The van der Waals surface area contributed by atoms with Gasteiger partial charge in [0, 0.05) is 5.56 Å². The molecule has 0 radical (unpaired) electrons. The summed E-state index contributed by atoms with van der Waals surface area (Å²) in [6.45, 7) is 0. The van der Waals surface area contributed by atoms with Crippen molar-refractivity contribution in [2.24, 2.45) is 0 Å². The van der Waals surface area contributed by atoms with Crippen molar-refractivity contribution in [2.75, 3.05) is 0 Å². The van der Waals surface area contributed by atoms with Crippen molar-refractivity contribution in [3.8, 4) is 0 Å².